The van der Waals surface area contributed by atoms with Gasteiger partial charge in [-0.05, 0) is 32.0 Å². The zero-order valence-corrected chi connectivity index (χ0v) is 11.9. The Morgan fingerprint density at radius 3 is 2.95 bits per heavy atom. The van der Waals surface area contributed by atoms with Gasteiger partial charge in [-0.25, -0.2) is 4.98 Å². The van der Waals surface area contributed by atoms with Crippen molar-refractivity contribution in [3.63, 3.8) is 0 Å². The fraction of sp³-hybridized carbons (Fsp3) is 0.357. The summed E-state index contributed by atoms with van der Waals surface area (Å²) in [4.78, 5) is 16.0. The zero-order chi connectivity index (χ0) is 14.5. The Labute approximate surface area is 118 Å². The van der Waals surface area contributed by atoms with E-state index in [-0.39, 0.29) is 11.9 Å². The SMILES string of the molecule is CNC(=O)c1cccnc1NC(C)Cc1cc(C)[nH]n1. The molecule has 0 aliphatic rings. The van der Waals surface area contributed by atoms with E-state index in [0.717, 1.165) is 17.8 Å². The quantitative estimate of drug-likeness (QED) is 0.771. The lowest BCUT2D eigenvalue weighted by molar-refractivity contribution is 0.0963. The van der Waals surface area contributed by atoms with E-state index in [9.17, 15) is 4.79 Å². The van der Waals surface area contributed by atoms with Crippen LogP contribution in [0.3, 0.4) is 0 Å². The number of aryl methyl sites for hydroxylation is 1. The lowest BCUT2D eigenvalue weighted by Crippen LogP contribution is -2.24. The summed E-state index contributed by atoms with van der Waals surface area (Å²) in [6.45, 7) is 4.00. The summed E-state index contributed by atoms with van der Waals surface area (Å²) >= 11 is 0. The first kappa shape index (κ1) is 14.0. The average Bonchev–Trinajstić information content (AvgIpc) is 2.83. The van der Waals surface area contributed by atoms with Gasteiger partial charge in [-0.1, -0.05) is 0 Å². The summed E-state index contributed by atoms with van der Waals surface area (Å²) in [5.41, 5.74) is 2.57. The normalized spacial score (nSPS) is 11.9. The average molecular weight is 273 g/mol. The Bertz CT molecular complexity index is 593. The highest BCUT2D eigenvalue weighted by molar-refractivity contribution is 5.98. The Hall–Kier alpha value is -2.37. The first-order chi connectivity index (χ1) is 9.60. The maximum atomic E-state index is 11.8. The molecule has 0 aliphatic carbocycles. The van der Waals surface area contributed by atoms with Crippen molar-refractivity contribution in [1.82, 2.24) is 20.5 Å². The minimum Gasteiger partial charge on any atom is -0.367 e. The molecule has 1 atom stereocenters. The topological polar surface area (TPSA) is 82.7 Å². The third-order valence-corrected chi connectivity index (χ3v) is 2.94. The molecule has 0 radical (unpaired) electrons. The minimum absolute atomic E-state index is 0.121. The van der Waals surface area contributed by atoms with E-state index in [1.807, 2.05) is 19.9 Å². The molecule has 106 valence electrons. The van der Waals surface area contributed by atoms with Gasteiger partial charge in [-0.3, -0.25) is 9.89 Å². The molecule has 3 N–H and O–H groups in total. The monoisotopic (exact) mass is 273 g/mol. The van der Waals surface area contributed by atoms with Crippen LogP contribution in [0.2, 0.25) is 0 Å². The van der Waals surface area contributed by atoms with Crippen LogP contribution in [-0.4, -0.2) is 34.2 Å². The number of pyridine rings is 1. The van der Waals surface area contributed by atoms with Crippen LogP contribution in [0, 0.1) is 6.92 Å². The van der Waals surface area contributed by atoms with Gasteiger partial charge in [0.15, 0.2) is 0 Å². The van der Waals surface area contributed by atoms with Gasteiger partial charge in [0.25, 0.3) is 5.91 Å². The molecule has 2 aromatic heterocycles. The Morgan fingerprint density at radius 2 is 2.30 bits per heavy atom. The van der Waals surface area contributed by atoms with Crippen LogP contribution in [0.4, 0.5) is 5.82 Å². The van der Waals surface area contributed by atoms with E-state index >= 15 is 0 Å². The van der Waals surface area contributed by atoms with Crippen molar-refractivity contribution in [2.75, 3.05) is 12.4 Å². The second-order valence-corrected chi connectivity index (χ2v) is 4.77. The molecule has 0 fully saturated rings. The van der Waals surface area contributed by atoms with Gasteiger partial charge < -0.3 is 10.6 Å². The molecule has 1 unspecified atom stereocenters. The lowest BCUT2D eigenvalue weighted by Gasteiger charge is -2.15. The highest BCUT2D eigenvalue weighted by Gasteiger charge is 2.13. The van der Waals surface area contributed by atoms with E-state index in [1.54, 1.807) is 25.4 Å². The highest BCUT2D eigenvalue weighted by Crippen LogP contribution is 2.14. The van der Waals surface area contributed by atoms with Gasteiger partial charge in [0, 0.05) is 31.4 Å². The number of hydrogen-bond acceptors (Lipinski definition) is 4. The van der Waals surface area contributed by atoms with Crippen molar-refractivity contribution in [1.29, 1.82) is 0 Å². The third kappa shape index (κ3) is 3.34. The number of rotatable bonds is 5. The van der Waals surface area contributed by atoms with Crippen LogP contribution in [0.15, 0.2) is 24.4 Å². The standard InChI is InChI=1S/C14H19N5O/c1-9(7-11-8-10(2)18-19-11)17-13-12(14(20)15-3)5-4-6-16-13/h4-6,8-9H,7H2,1-3H3,(H,15,20)(H,16,17)(H,18,19). The third-order valence-electron chi connectivity index (χ3n) is 2.94. The molecule has 0 saturated carbocycles. The van der Waals surface area contributed by atoms with Gasteiger partial charge in [-0.2, -0.15) is 5.10 Å². The Kier molecular flexibility index (Phi) is 4.34. The first-order valence-electron chi connectivity index (χ1n) is 6.54. The summed E-state index contributed by atoms with van der Waals surface area (Å²) in [7, 11) is 1.61. The fourth-order valence-electron chi connectivity index (χ4n) is 2.02. The number of H-pyrrole nitrogens is 1. The van der Waals surface area contributed by atoms with Gasteiger partial charge in [0.1, 0.15) is 5.82 Å². The number of carbonyl (C=O) groups is 1. The van der Waals surface area contributed by atoms with Gasteiger partial charge in [0.05, 0.1) is 11.3 Å². The number of carbonyl (C=O) groups excluding carboxylic acids is 1. The van der Waals surface area contributed by atoms with Crippen molar-refractivity contribution in [3.05, 3.63) is 41.3 Å². The van der Waals surface area contributed by atoms with Crippen molar-refractivity contribution >= 4 is 11.7 Å². The van der Waals surface area contributed by atoms with Crippen LogP contribution in [0.25, 0.3) is 0 Å². The molecule has 0 aliphatic heterocycles. The van der Waals surface area contributed by atoms with Crippen LogP contribution < -0.4 is 10.6 Å². The van der Waals surface area contributed by atoms with Crippen LogP contribution in [0.5, 0.6) is 0 Å². The molecule has 20 heavy (non-hydrogen) atoms. The number of anilines is 1. The molecular formula is C14H19N5O. The van der Waals surface area contributed by atoms with Crippen LogP contribution >= 0.6 is 0 Å². The summed E-state index contributed by atoms with van der Waals surface area (Å²) in [6.07, 6.45) is 2.42. The predicted octanol–water partition coefficient (Wildman–Crippen LogP) is 1.52. The summed E-state index contributed by atoms with van der Waals surface area (Å²) < 4.78 is 0. The second kappa shape index (κ2) is 6.18. The smallest absolute Gasteiger partial charge is 0.254 e. The van der Waals surface area contributed by atoms with Crippen molar-refractivity contribution in [2.45, 2.75) is 26.3 Å². The molecule has 0 saturated heterocycles. The maximum absolute atomic E-state index is 11.8. The van der Waals surface area contributed by atoms with Gasteiger partial charge in [0.2, 0.25) is 0 Å². The molecule has 0 spiro atoms. The van der Waals surface area contributed by atoms with Crippen molar-refractivity contribution < 1.29 is 4.79 Å². The van der Waals surface area contributed by atoms with E-state index in [0.29, 0.717) is 11.4 Å². The van der Waals surface area contributed by atoms with Crippen molar-refractivity contribution in [3.8, 4) is 0 Å². The molecule has 0 aromatic carbocycles. The number of amides is 1. The van der Waals surface area contributed by atoms with Gasteiger partial charge >= 0.3 is 0 Å². The Balaban J connectivity index is 2.07. The predicted molar refractivity (Wildman–Crippen MR) is 77.7 cm³/mol. The van der Waals surface area contributed by atoms with E-state index in [1.165, 1.54) is 0 Å². The molecule has 2 rings (SSSR count). The summed E-state index contributed by atoms with van der Waals surface area (Å²) in [5.74, 6) is 0.440. The summed E-state index contributed by atoms with van der Waals surface area (Å²) in [5, 5.41) is 13.0. The molecule has 2 aromatic rings. The van der Waals surface area contributed by atoms with Crippen molar-refractivity contribution in [2.24, 2.45) is 0 Å². The molecular weight excluding hydrogens is 254 g/mol. The molecule has 6 nitrogen and oxygen atoms in total. The van der Waals surface area contributed by atoms with Crippen LogP contribution in [-0.2, 0) is 6.42 Å². The molecule has 0 bridgehead atoms. The minimum atomic E-state index is -0.150. The number of hydrogen-bond donors (Lipinski definition) is 3. The van der Waals surface area contributed by atoms with Gasteiger partial charge in [-0.15, -0.1) is 0 Å². The number of aromatic amines is 1. The molecule has 6 heteroatoms. The lowest BCUT2D eigenvalue weighted by atomic mass is 10.1. The van der Waals surface area contributed by atoms with E-state index < -0.39 is 0 Å². The van der Waals surface area contributed by atoms with Crippen LogP contribution in [0.1, 0.15) is 28.7 Å². The zero-order valence-electron chi connectivity index (χ0n) is 11.9. The largest absolute Gasteiger partial charge is 0.367 e. The maximum Gasteiger partial charge on any atom is 0.254 e. The molecule has 2 heterocycles. The number of aromatic nitrogens is 3. The first-order valence-corrected chi connectivity index (χ1v) is 6.54. The van der Waals surface area contributed by atoms with E-state index in [4.69, 9.17) is 0 Å². The number of nitrogens with zero attached hydrogens (tertiary/aromatic N) is 2. The Morgan fingerprint density at radius 1 is 1.50 bits per heavy atom. The number of nitrogens with one attached hydrogen (secondary N) is 3. The van der Waals surface area contributed by atoms with E-state index in [2.05, 4.69) is 25.8 Å². The fourth-order valence-corrected chi connectivity index (χ4v) is 2.02. The second-order valence-electron chi connectivity index (χ2n) is 4.77. The summed E-state index contributed by atoms with van der Waals surface area (Å²) in [6, 6.07) is 5.63. The highest BCUT2D eigenvalue weighted by atomic mass is 16.1. The molecule has 1 amide bonds.